The molecule has 104 valence electrons. The monoisotopic (exact) mass is 291 g/mol. The molecule has 0 atom stereocenters. The Bertz CT molecular complexity index is 662. The van der Waals surface area contributed by atoms with E-state index >= 15 is 0 Å². The molecule has 0 saturated carbocycles. The van der Waals surface area contributed by atoms with Crippen LogP contribution < -0.4 is 0 Å². The normalized spacial score (nSPS) is 15.2. The lowest BCUT2D eigenvalue weighted by Gasteiger charge is -2.35. The van der Waals surface area contributed by atoms with Gasteiger partial charge in [-0.1, -0.05) is 23.7 Å². The summed E-state index contributed by atoms with van der Waals surface area (Å²) in [4.78, 5) is 13.8. The summed E-state index contributed by atoms with van der Waals surface area (Å²) < 4.78 is 1.61. The molecule has 0 unspecified atom stereocenters. The average Bonchev–Trinajstić information content (AvgIpc) is 2.77. The van der Waals surface area contributed by atoms with Crippen molar-refractivity contribution in [3.63, 3.8) is 0 Å². The molecule has 1 saturated heterocycles. The minimum absolute atomic E-state index is 0.154. The van der Waals surface area contributed by atoms with Crippen molar-refractivity contribution >= 4 is 17.5 Å². The van der Waals surface area contributed by atoms with E-state index in [1.165, 1.54) is 0 Å². The van der Waals surface area contributed by atoms with Crippen LogP contribution in [0.15, 0.2) is 30.5 Å². The summed E-state index contributed by atoms with van der Waals surface area (Å²) in [6.07, 6.45) is 1.37. The third-order valence-electron chi connectivity index (χ3n) is 3.35. The Morgan fingerprint density at radius 2 is 2.10 bits per heavy atom. The van der Waals surface area contributed by atoms with Gasteiger partial charge in [0.05, 0.1) is 16.8 Å². The molecular formula is C14H14ClN3O2. The van der Waals surface area contributed by atoms with Crippen LogP contribution in [0.2, 0.25) is 5.02 Å². The highest BCUT2D eigenvalue weighted by atomic mass is 35.5. The minimum Gasteiger partial charge on any atom is -0.389 e. The molecule has 6 heteroatoms. The number of hydrogen-bond donors (Lipinski definition) is 1. The maximum absolute atomic E-state index is 12.2. The summed E-state index contributed by atoms with van der Waals surface area (Å²) in [6.45, 7) is 2.58. The van der Waals surface area contributed by atoms with Gasteiger partial charge in [0.15, 0.2) is 5.69 Å². The molecule has 1 aliphatic heterocycles. The van der Waals surface area contributed by atoms with E-state index in [9.17, 15) is 9.90 Å². The van der Waals surface area contributed by atoms with Crippen LogP contribution >= 0.6 is 11.6 Å². The van der Waals surface area contributed by atoms with Gasteiger partial charge in [0, 0.05) is 24.8 Å². The molecule has 1 N–H and O–H groups in total. The number of para-hydroxylation sites is 1. The van der Waals surface area contributed by atoms with Gasteiger partial charge in [-0.3, -0.25) is 4.79 Å². The maximum Gasteiger partial charge on any atom is 0.274 e. The van der Waals surface area contributed by atoms with Crippen molar-refractivity contribution in [1.29, 1.82) is 0 Å². The van der Waals surface area contributed by atoms with Gasteiger partial charge >= 0.3 is 0 Å². The summed E-state index contributed by atoms with van der Waals surface area (Å²) in [5.41, 5.74) is 1.92. The Balaban J connectivity index is 1.92. The van der Waals surface area contributed by atoms with E-state index in [-0.39, 0.29) is 5.91 Å². The van der Waals surface area contributed by atoms with Crippen LogP contribution in [0.5, 0.6) is 0 Å². The summed E-state index contributed by atoms with van der Waals surface area (Å²) in [6, 6.07) is 7.33. The number of aromatic nitrogens is 2. The van der Waals surface area contributed by atoms with Gasteiger partial charge in [-0.05, 0) is 19.1 Å². The molecule has 0 spiro atoms. The van der Waals surface area contributed by atoms with E-state index in [1.807, 2.05) is 25.1 Å². The zero-order valence-electron chi connectivity index (χ0n) is 11.0. The molecule has 1 aliphatic rings. The zero-order chi connectivity index (χ0) is 14.3. The molecule has 0 bridgehead atoms. The number of amides is 1. The molecule has 1 aromatic heterocycles. The number of aliphatic hydroxyl groups is 1. The number of carbonyl (C=O) groups excluding carboxylic acids is 1. The number of β-amino-alcohol motifs (C(OH)–C–C–N with tert-alkyl or cyclic N) is 1. The highest BCUT2D eigenvalue weighted by Gasteiger charge is 2.31. The molecule has 20 heavy (non-hydrogen) atoms. The highest BCUT2D eigenvalue weighted by Crippen LogP contribution is 2.21. The number of rotatable bonds is 2. The number of halogens is 1. The van der Waals surface area contributed by atoms with Crippen LogP contribution in [-0.2, 0) is 0 Å². The Morgan fingerprint density at radius 3 is 2.75 bits per heavy atom. The largest absolute Gasteiger partial charge is 0.389 e. The number of carbonyl (C=O) groups is 1. The first-order chi connectivity index (χ1) is 9.56. The quantitative estimate of drug-likeness (QED) is 0.915. The number of nitrogens with zero attached hydrogens (tertiary/aromatic N) is 3. The zero-order valence-corrected chi connectivity index (χ0v) is 11.7. The lowest BCUT2D eigenvalue weighted by atomic mass is 10.1. The second kappa shape index (κ2) is 4.92. The fraction of sp³-hybridized carbons (Fsp3) is 0.286. The molecule has 5 nitrogen and oxygen atoms in total. The number of benzene rings is 1. The van der Waals surface area contributed by atoms with Crippen molar-refractivity contribution in [1.82, 2.24) is 14.7 Å². The summed E-state index contributed by atoms with van der Waals surface area (Å²) in [5.74, 6) is -0.154. The summed E-state index contributed by atoms with van der Waals surface area (Å²) in [7, 11) is 0. The van der Waals surface area contributed by atoms with Crippen molar-refractivity contribution in [2.24, 2.45) is 0 Å². The lowest BCUT2D eigenvalue weighted by molar-refractivity contribution is 0.00542. The number of likely N-dealkylation sites (tertiary alicyclic amines) is 1. The molecule has 2 heterocycles. The van der Waals surface area contributed by atoms with Crippen LogP contribution in [0.4, 0.5) is 0 Å². The van der Waals surface area contributed by atoms with E-state index in [0.717, 1.165) is 11.3 Å². The third-order valence-corrected chi connectivity index (χ3v) is 3.67. The van der Waals surface area contributed by atoms with Gasteiger partial charge in [-0.15, -0.1) is 0 Å². The topological polar surface area (TPSA) is 58.4 Å². The van der Waals surface area contributed by atoms with Crippen molar-refractivity contribution < 1.29 is 9.90 Å². The average molecular weight is 292 g/mol. The van der Waals surface area contributed by atoms with Crippen molar-refractivity contribution in [3.05, 3.63) is 46.7 Å². The predicted molar refractivity (Wildman–Crippen MR) is 75.2 cm³/mol. The van der Waals surface area contributed by atoms with Crippen LogP contribution in [0.25, 0.3) is 5.69 Å². The van der Waals surface area contributed by atoms with Gasteiger partial charge in [0.2, 0.25) is 0 Å². The van der Waals surface area contributed by atoms with E-state index in [0.29, 0.717) is 23.8 Å². The number of hydrogen-bond acceptors (Lipinski definition) is 3. The Kier molecular flexibility index (Phi) is 3.23. The van der Waals surface area contributed by atoms with Crippen LogP contribution in [-0.4, -0.2) is 44.9 Å². The van der Waals surface area contributed by atoms with Crippen molar-refractivity contribution in [2.45, 2.75) is 13.0 Å². The lowest BCUT2D eigenvalue weighted by Crippen LogP contribution is -2.53. The van der Waals surface area contributed by atoms with E-state index in [4.69, 9.17) is 11.6 Å². The van der Waals surface area contributed by atoms with Gasteiger partial charge in [0.25, 0.3) is 5.91 Å². The second-order valence-corrected chi connectivity index (χ2v) is 5.33. The Hall–Kier alpha value is -1.85. The number of aryl methyl sites for hydroxylation is 1. The predicted octanol–water partition coefficient (Wildman–Crippen LogP) is 1.65. The molecule has 2 aromatic rings. The summed E-state index contributed by atoms with van der Waals surface area (Å²) >= 11 is 6.13. The summed E-state index contributed by atoms with van der Waals surface area (Å²) in [5, 5.41) is 14.2. The van der Waals surface area contributed by atoms with Crippen LogP contribution in [0.3, 0.4) is 0 Å². The van der Waals surface area contributed by atoms with Crippen LogP contribution in [0, 0.1) is 6.92 Å². The van der Waals surface area contributed by atoms with Gasteiger partial charge in [0.1, 0.15) is 0 Å². The smallest absolute Gasteiger partial charge is 0.274 e. The SMILES string of the molecule is Cc1cn(-c2ccccc2Cl)nc1C(=O)N1CC(O)C1. The van der Waals surface area contributed by atoms with Crippen molar-refractivity contribution in [2.75, 3.05) is 13.1 Å². The fourth-order valence-corrected chi connectivity index (χ4v) is 2.43. The molecular weight excluding hydrogens is 278 g/mol. The molecule has 0 aliphatic carbocycles. The first-order valence-corrected chi connectivity index (χ1v) is 6.72. The van der Waals surface area contributed by atoms with Gasteiger partial charge in [-0.2, -0.15) is 5.10 Å². The molecule has 0 radical (unpaired) electrons. The molecule has 3 rings (SSSR count). The molecule has 1 aromatic carbocycles. The fourth-order valence-electron chi connectivity index (χ4n) is 2.20. The Labute approximate surface area is 121 Å². The third kappa shape index (κ3) is 2.19. The van der Waals surface area contributed by atoms with Crippen LogP contribution in [0.1, 0.15) is 16.1 Å². The second-order valence-electron chi connectivity index (χ2n) is 4.92. The molecule has 1 fully saturated rings. The van der Waals surface area contributed by atoms with Crippen molar-refractivity contribution in [3.8, 4) is 5.69 Å². The first-order valence-electron chi connectivity index (χ1n) is 6.35. The van der Waals surface area contributed by atoms with E-state index < -0.39 is 6.10 Å². The molecule has 1 amide bonds. The first kappa shape index (κ1) is 13.1. The Morgan fingerprint density at radius 1 is 1.40 bits per heavy atom. The number of aliphatic hydroxyl groups excluding tert-OH is 1. The maximum atomic E-state index is 12.2. The van der Waals surface area contributed by atoms with E-state index in [2.05, 4.69) is 5.10 Å². The standard InChI is InChI=1S/C14H14ClN3O2/c1-9-6-18(12-5-3-2-4-11(12)15)16-13(9)14(20)17-7-10(19)8-17/h2-6,10,19H,7-8H2,1H3. The van der Waals surface area contributed by atoms with Gasteiger partial charge in [-0.25, -0.2) is 4.68 Å². The van der Waals surface area contributed by atoms with E-state index in [1.54, 1.807) is 21.8 Å². The minimum atomic E-state index is -0.412. The van der Waals surface area contributed by atoms with Gasteiger partial charge < -0.3 is 10.0 Å². The highest BCUT2D eigenvalue weighted by molar-refractivity contribution is 6.32.